The van der Waals surface area contributed by atoms with E-state index in [1.807, 2.05) is 6.07 Å². The van der Waals surface area contributed by atoms with Crippen LogP contribution in [0.15, 0.2) is 48.5 Å². The van der Waals surface area contributed by atoms with Crippen molar-refractivity contribution in [2.75, 3.05) is 20.3 Å². The van der Waals surface area contributed by atoms with Gasteiger partial charge < -0.3 is 15.2 Å². The van der Waals surface area contributed by atoms with Gasteiger partial charge in [0.05, 0.1) is 7.11 Å². The Morgan fingerprint density at radius 3 is 2.79 bits per heavy atom. The summed E-state index contributed by atoms with van der Waals surface area (Å²) in [6.07, 6.45) is 4.29. The zero-order valence-corrected chi connectivity index (χ0v) is 14.4. The summed E-state index contributed by atoms with van der Waals surface area (Å²) < 4.78 is 5.36. The molecule has 2 N–H and O–H groups in total. The van der Waals surface area contributed by atoms with Crippen molar-refractivity contribution in [3.05, 3.63) is 65.2 Å². The molecule has 0 bridgehead atoms. The first kappa shape index (κ1) is 17.0. The molecule has 0 aromatic heterocycles. The van der Waals surface area contributed by atoms with Gasteiger partial charge in [0.1, 0.15) is 5.75 Å². The van der Waals surface area contributed by atoms with E-state index in [0.29, 0.717) is 12.0 Å². The van der Waals surface area contributed by atoms with Crippen molar-refractivity contribution in [2.45, 2.75) is 37.6 Å². The molecule has 1 aliphatic rings. The summed E-state index contributed by atoms with van der Waals surface area (Å²) in [5.74, 6) is 1.29. The van der Waals surface area contributed by atoms with Gasteiger partial charge in [0.25, 0.3) is 0 Å². The summed E-state index contributed by atoms with van der Waals surface area (Å²) in [5.41, 5.74) is 4.10. The quantitative estimate of drug-likeness (QED) is 0.813. The van der Waals surface area contributed by atoms with Gasteiger partial charge in [0, 0.05) is 19.2 Å². The SMILES string of the molecule is COc1ccc2c(c1)CCCC2NCC(CCO)c1ccccc1. The van der Waals surface area contributed by atoms with E-state index in [1.54, 1.807) is 7.11 Å². The molecule has 1 aliphatic carbocycles. The third kappa shape index (κ3) is 3.97. The molecule has 2 atom stereocenters. The van der Waals surface area contributed by atoms with E-state index in [4.69, 9.17) is 4.74 Å². The maximum absolute atomic E-state index is 9.41. The second kappa shape index (κ2) is 8.32. The normalized spacial score (nSPS) is 18.0. The van der Waals surface area contributed by atoms with E-state index in [2.05, 4.69) is 47.8 Å². The monoisotopic (exact) mass is 325 g/mol. The Labute approximate surface area is 144 Å². The summed E-state index contributed by atoms with van der Waals surface area (Å²) in [7, 11) is 1.72. The first-order valence-corrected chi connectivity index (χ1v) is 8.88. The van der Waals surface area contributed by atoms with E-state index in [9.17, 15) is 5.11 Å². The van der Waals surface area contributed by atoms with E-state index in [0.717, 1.165) is 25.1 Å². The lowest BCUT2D eigenvalue weighted by Crippen LogP contribution is -2.29. The molecule has 0 aliphatic heterocycles. The molecule has 0 fully saturated rings. The Balaban J connectivity index is 1.70. The standard InChI is InChI=1S/C21H27NO2/c1-24-19-10-11-20-17(14-19)8-5-9-21(20)22-15-18(12-13-23)16-6-3-2-4-7-16/h2-4,6-7,10-11,14,18,21-23H,5,8-9,12-13,15H2,1H3. The van der Waals surface area contributed by atoms with Crippen molar-refractivity contribution in [1.29, 1.82) is 0 Å². The van der Waals surface area contributed by atoms with Crippen molar-refractivity contribution >= 4 is 0 Å². The molecule has 0 radical (unpaired) electrons. The van der Waals surface area contributed by atoms with Gasteiger partial charge in [0.15, 0.2) is 0 Å². The molecule has 2 aromatic carbocycles. The van der Waals surface area contributed by atoms with Crippen LogP contribution in [-0.4, -0.2) is 25.4 Å². The van der Waals surface area contributed by atoms with Crippen LogP contribution in [0.25, 0.3) is 0 Å². The second-order valence-corrected chi connectivity index (χ2v) is 6.54. The van der Waals surface area contributed by atoms with Crippen molar-refractivity contribution in [3.8, 4) is 5.75 Å². The molecule has 3 rings (SSSR count). The second-order valence-electron chi connectivity index (χ2n) is 6.54. The van der Waals surface area contributed by atoms with E-state index < -0.39 is 0 Å². The topological polar surface area (TPSA) is 41.5 Å². The van der Waals surface area contributed by atoms with Crippen LogP contribution >= 0.6 is 0 Å². The van der Waals surface area contributed by atoms with Crippen molar-refractivity contribution < 1.29 is 9.84 Å². The fourth-order valence-electron chi connectivity index (χ4n) is 3.68. The maximum Gasteiger partial charge on any atom is 0.119 e. The number of fused-ring (bicyclic) bond motifs is 1. The number of aliphatic hydroxyl groups is 1. The van der Waals surface area contributed by atoms with Crippen LogP contribution in [0.3, 0.4) is 0 Å². The number of ether oxygens (including phenoxy) is 1. The number of benzene rings is 2. The minimum absolute atomic E-state index is 0.222. The molecule has 0 spiro atoms. The van der Waals surface area contributed by atoms with Gasteiger partial charge in [-0.1, -0.05) is 36.4 Å². The minimum atomic E-state index is 0.222. The molecule has 0 saturated heterocycles. The van der Waals surface area contributed by atoms with Crippen LogP contribution in [0.4, 0.5) is 0 Å². The highest BCUT2D eigenvalue weighted by atomic mass is 16.5. The molecule has 3 heteroatoms. The summed E-state index contributed by atoms with van der Waals surface area (Å²) in [6, 6.07) is 17.3. The van der Waals surface area contributed by atoms with Crippen LogP contribution in [-0.2, 0) is 6.42 Å². The van der Waals surface area contributed by atoms with E-state index in [-0.39, 0.29) is 6.61 Å². The molecule has 24 heavy (non-hydrogen) atoms. The van der Waals surface area contributed by atoms with Crippen LogP contribution < -0.4 is 10.1 Å². The highest BCUT2D eigenvalue weighted by Gasteiger charge is 2.21. The van der Waals surface area contributed by atoms with E-state index >= 15 is 0 Å². The summed E-state index contributed by atoms with van der Waals surface area (Å²) in [4.78, 5) is 0. The van der Waals surface area contributed by atoms with Gasteiger partial charge in [-0.2, -0.15) is 0 Å². The Morgan fingerprint density at radius 1 is 1.21 bits per heavy atom. The average Bonchev–Trinajstić information content (AvgIpc) is 2.65. The highest BCUT2D eigenvalue weighted by Crippen LogP contribution is 2.32. The fraction of sp³-hybridized carbons (Fsp3) is 0.429. The van der Waals surface area contributed by atoms with Gasteiger partial charge in [-0.3, -0.25) is 0 Å². The van der Waals surface area contributed by atoms with Gasteiger partial charge in [0.2, 0.25) is 0 Å². The van der Waals surface area contributed by atoms with Crippen LogP contribution in [0.1, 0.15) is 47.9 Å². The van der Waals surface area contributed by atoms with Crippen LogP contribution in [0.2, 0.25) is 0 Å². The third-order valence-electron chi connectivity index (χ3n) is 5.02. The number of aryl methyl sites for hydroxylation is 1. The number of aliphatic hydroxyl groups excluding tert-OH is 1. The summed E-state index contributed by atoms with van der Waals surface area (Å²) in [5, 5.41) is 13.2. The lowest BCUT2D eigenvalue weighted by atomic mass is 9.86. The number of hydrogen-bond acceptors (Lipinski definition) is 3. The number of methoxy groups -OCH3 is 1. The Bertz CT molecular complexity index is 642. The largest absolute Gasteiger partial charge is 0.497 e. The van der Waals surface area contributed by atoms with Gasteiger partial charge in [-0.05, 0) is 60.4 Å². The average molecular weight is 325 g/mol. The number of rotatable bonds is 7. The lowest BCUT2D eigenvalue weighted by Gasteiger charge is -2.29. The van der Waals surface area contributed by atoms with Crippen molar-refractivity contribution in [3.63, 3.8) is 0 Å². The lowest BCUT2D eigenvalue weighted by molar-refractivity contribution is 0.271. The molecule has 2 unspecified atom stereocenters. The smallest absolute Gasteiger partial charge is 0.119 e. The highest BCUT2D eigenvalue weighted by molar-refractivity contribution is 5.39. The van der Waals surface area contributed by atoms with Crippen molar-refractivity contribution in [1.82, 2.24) is 5.32 Å². The Kier molecular flexibility index (Phi) is 5.89. The third-order valence-corrected chi connectivity index (χ3v) is 5.02. The van der Waals surface area contributed by atoms with Crippen LogP contribution in [0.5, 0.6) is 5.75 Å². The predicted molar refractivity (Wildman–Crippen MR) is 97.6 cm³/mol. The molecule has 2 aromatic rings. The molecule has 0 amide bonds. The number of nitrogens with one attached hydrogen (secondary N) is 1. The molecule has 0 heterocycles. The first-order chi connectivity index (χ1) is 11.8. The summed E-state index contributed by atoms with van der Waals surface area (Å²) in [6.45, 7) is 1.11. The zero-order valence-electron chi connectivity index (χ0n) is 14.4. The molecule has 0 saturated carbocycles. The van der Waals surface area contributed by atoms with Crippen molar-refractivity contribution in [2.24, 2.45) is 0 Å². The minimum Gasteiger partial charge on any atom is -0.497 e. The predicted octanol–water partition coefficient (Wildman–Crippen LogP) is 3.83. The molecule has 128 valence electrons. The van der Waals surface area contributed by atoms with Crippen LogP contribution in [0, 0.1) is 0 Å². The molecule has 3 nitrogen and oxygen atoms in total. The molecular weight excluding hydrogens is 298 g/mol. The summed E-state index contributed by atoms with van der Waals surface area (Å²) >= 11 is 0. The van der Waals surface area contributed by atoms with Gasteiger partial charge >= 0.3 is 0 Å². The first-order valence-electron chi connectivity index (χ1n) is 8.88. The maximum atomic E-state index is 9.41. The van der Waals surface area contributed by atoms with Gasteiger partial charge in [-0.15, -0.1) is 0 Å². The Morgan fingerprint density at radius 2 is 2.04 bits per heavy atom. The Hall–Kier alpha value is -1.84. The van der Waals surface area contributed by atoms with E-state index in [1.165, 1.54) is 29.5 Å². The fourth-order valence-corrected chi connectivity index (χ4v) is 3.68. The zero-order chi connectivity index (χ0) is 16.8. The van der Waals surface area contributed by atoms with Gasteiger partial charge in [-0.25, -0.2) is 0 Å². The number of hydrogen-bond donors (Lipinski definition) is 2. The molecular formula is C21H27NO2.